The minimum atomic E-state index is -0.746. The third-order valence-electron chi connectivity index (χ3n) is 5.32. The lowest BCUT2D eigenvalue weighted by Gasteiger charge is -2.24. The van der Waals surface area contributed by atoms with Crippen molar-refractivity contribution in [2.24, 2.45) is 11.8 Å². The van der Waals surface area contributed by atoms with E-state index < -0.39 is 6.29 Å². The number of ether oxygens (including phenoxy) is 3. The van der Waals surface area contributed by atoms with Gasteiger partial charge in [0, 0.05) is 17.6 Å². The average Bonchev–Trinajstić information content (AvgIpc) is 3.10. The number of cyclic esters (lactones) is 1. The molecule has 0 aromatic rings. The minimum absolute atomic E-state index is 0.0511. The molecule has 1 unspecified atom stereocenters. The summed E-state index contributed by atoms with van der Waals surface area (Å²) in [5.41, 5.74) is 3.87. The molecule has 1 saturated heterocycles. The van der Waals surface area contributed by atoms with Gasteiger partial charge in [-0.2, -0.15) is 0 Å². The Morgan fingerprint density at radius 3 is 2.83 bits per heavy atom. The summed E-state index contributed by atoms with van der Waals surface area (Å²) in [5, 5.41) is 0. The maximum atomic E-state index is 12.2. The molecule has 4 rings (SSSR count). The molecule has 2 aliphatic heterocycles. The standard InChI is InChI=1S/C18H20O5/c1-9-4-3-5-11-7-12-13(18(20)23-16(12)15(9)11)8-21-14-6-10(2)17(19)22-14/h6,8-9,12,14,16H,3-5,7H2,1-2H3/t9-,12+,14?,16-/m0/s1. The van der Waals surface area contributed by atoms with Crippen molar-refractivity contribution in [3.63, 3.8) is 0 Å². The summed E-state index contributed by atoms with van der Waals surface area (Å²) in [7, 11) is 0. The Labute approximate surface area is 135 Å². The number of allylic oxidation sites excluding steroid dienone is 1. The van der Waals surface area contributed by atoms with E-state index in [1.807, 2.05) is 0 Å². The fourth-order valence-corrected chi connectivity index (χ4v) is 4.16. The van der Waals surface area contributed by atoms with Gasteiger partial charge >= 0.3 is 11.9 Å². The average molecular weight is 316 g/mol. The summed E-state index contributed by atoms with van der Waals surface area (Å²) in [6.45, 7) is 3.89. The Morgan fingerprint density at radius 2 is 2.09 bits per heavy atom. The van der Waals surface area contributed by atoms with Crippen LogP contribution in [-0.2, 0) is 23.8 Å². The predicted molar refractivity (Wildman–Crippen MR) is 80.8 cm³/mol. The van der Waals surface area contributed by atoms with E-state index in [1.54, 1.807) is 13.0 Å². The number of carbonyl (C=O) groups excluding carboxylic acids is 2. The first kappa shape index (κ1) is 14.5. The van der Waals surface area contributed by atoms with E-state index >= 15 is 0 Å². The highest BCUT2D eigenvalue weighted by molar-refractivity contribution is 5.92. The molecule has 4 atom stereocenters. The van der Waals surface area contributed by atoms with Gasteiger partial charge in [0.05, 0.1) is 11.8 Å². The molecule has 0 amide bonds. The summed E-state index contributed by atoms with van der Waals surface area (Å²) >= 11 is 0. The topological polar surface area (TPSA) is 61.8 Å². The fourth-order valence-electron chi connectivity index (χ4n) is 4.16. The van der Waals surface area contributed by atoms with Crippen molar-refractivity contribution in [1.82, 2.24) is 0 Å². The molecule has 1 fully saturated rings. The van der Waals surface area contributed by atoms with Crippen LogP contribution < -0.4 is 0 Å². The zero-order chi connectivity index (χ0) is 16.1. The first-order chi connectivity index (χ1) is 11.0. The largest absolute Gasteiger partial charge is 0.458 e. The Hall–Kier alpha value is -2.04. The number of esters is 2. The molecule has 23 heavy (non-hydrogen) atoms. The van der Waals surface area contributed by atoms with Gasteiger partial charge in [-0.25, -0.2) is 9.59 Å². The number of rotatable bonds is 2. The van der Waals surface area contributed by atoms with Crippen LogP contribution in [0.15, 0.2) is 34.6 Å². The number of hydrogen-bond donors (Lipinski definition) is 0. The quantitative estimate of drug-likeness (QED) is 0.339. The molecule has 0 saturated carbocycles. The van der Waals surface area contributed by atoms with E-state index in [9.17, 15) is 9.59 Å². The normalized spacial score (nSPS) is 37.5. The molecule has 2 heterocycles. The zero-order valence-electron chi connectivity index (χ0n) is 13.3. The van der Waals surface area contributed by atoms with Gasteiger partial charge in [-0.05, 0) is 44.1 Å². The summed E-state index contributed by atoms with van der Waals surface area (Å²) < 4.78 is 16.1. The zero-order valence-corrected chi connectivity index (χ0v) is 13.3. The van der Waals surface area contributed by atoms with Gasteiger partial charge in [-0.3, -0.25) is 0 Å². The van der Waals surface area contributed by atoms with Gasteiger partial charge in [0.25, 0.3) is 6.29 Å². The van der Waals surface area contributed by atoms with E-state index in [0.717, 1.165) is 19.3 Å². The molecular formula is C18H20O5. The Kier molecular flexibility index (Phi) is 3.32. The third kappa shape index (κ3) is 2.30. The molecule has 0 aromatic heterocycles. The molecule has 2 aliphatic carbocycles. The van der Waals surface area contributed by atoms with Crippen molar-refractivity contribution in [2.45, 2.75) is 51.9 Å². The van der Waals surface area contributed by atoms with Crippen LogP contribution in [0.5, 0.6) is 0 Å². The summed E-state index contributed by atoms with van der Waals surface area (Å²) in [5.74, 6) is -0.153. The van der Waals surface area contributed by atoms with E-state index in [-0.39, 0.29) is 24.0 Å². The highest BCUT2D eigenvalue weighted by Gasteiger charge is 2.49. The number of hydrogen-bond acceptors (Lipinski definition) is 5. The maximum absolute atomic E-state index is 12.2. The molecule has 0 N–H and O–H groups in total. The number of carbonyl (C=O) groups is 2. The molecule has 5 heteroatoms. The molecule has 0 aromatic carbocycles. The first-order valence-electron chi connectivity index (χ1n) is 8.22. The van der Waals surface area contributed by atoms with Crippen LogP contribution in [0.25, 0.3) is 0 Å². The molecular weight excluding hydrogens is 296 g/mol. The predicted octanol–water partition coefficient (Wildman–Crippen LogP) is 2.78. The van der Waals surface area contributed by atoms with Crippen LogP contribution in [0.2, 0.25) is 0 Å². The Morgan fingerprint density at radius 1 is 1.26 bits per heavy atom. The van der Waals surface area contributed by atoms with Gasteiger partial charge in [0.2, 0.25) is 0 Å². The smallest absolute Gasteiger partial charge is 0.338 e. The van der Waals surface area contributed by atoms with E-state index in [0.29, 0.717) is 17.1 Å². The monoisotopic (exact) mass is 316 g/mol. The van der Waals surface area contributed by atoms with Crippen molar-refractivity contribution in [1.29, 1.82) is 0 Å². The SMILES string of the molecule is CC1=CC(OC=C2C(=O)O[C@@H]3C4=C(CCC[C@@H]4C)C[C@H]23)OC1=O. The second-order valence-corrected chi connectivity index (χ2v) is 6.82. The van der Waals surface area contributed by atoms with Crippen LogP contribution in [-0.4, -0.2) is 24.3 Å². The lowest BCUT2D eigenvalue weighted by molar-refractivity contribution is -0.152. The Balaban J connectivity index is 1.52. The van der Waals surface area contributed by atoms with E-state index in [4.69, 9.17) is 14.2 Å². The van der Waals surface area contributed by atoms with Gasteiger partial charge in [-0.15, -0.1) is 0 Å². The van der Waals surface area contributed by atoms with Gasteiger partial charge in [0.15, 0.2) is 0 Å². The van der Waals surface area contributed by atoms with Crippen molar-refractivity contribution in [2.75, 3.05) is 0 Å². The molecule has 4 aliphatic rings. The summed E-state index contributed by atoms with van der Waals surface area (Å²) in [6.07, 6.45) is 6.55. The lowest BCUT2D eigenvalue weighted by Crippen LogP contribution is -2.19. The lowest BCUT2D eigenvalue weighted by atomic mass is 9.84. The first-order valence-corrected chi connectivity index (χ1v) is 8.22. The molecule has 0 spiro atoms. The molecule has 0 radical (unpaired) electrons. The van der Waals surface area contributed by atoms with Crippen LogP contribution in [0.3, 0.4) is 0 Å². The second-order valence-electron chi connectivity index (χ2n) is 6.82. The summed E-state index contributed by atoms with van der Waals surface area (Å²) in [6, 6.07) is 0. The van der Waals surface area contributed by atoms with Crippen molar-refractivity contribution in [3.05, 3.63) is 34.6 Å². The maximum Gasteiger partial charge on any atom is 0.338 e. The molecule has 0 bridgehead atoms. The van der Waals surface area contributed by atoms with Gasteiger partial charge < -0.3 is 14.2 Å². The van der Waals surface area contributed by atoms with Gasteiger partial charge in [0.1, 0.15) is 6.10 Å². The van der Waals surface area contributed by atoms with Crippen molar-refractivity contribution < 1.29 is 23.8 Å². The second kappa shape index (κ2) is 5.25. The van der Waals surface area contributed by atoms with Crippen LogP contribution in [0.1, 0.15) is 39.5 Å². The van der Waals surface area contributed by atoms with Crippen molar-refractivity contribution >= 4 is 11.9 Å². The third-order valence-corrected chi connectivity index (χ3v) is 5.32. The summed E-state index contributed by atoms with van der Waals surface area (Å²) in [4.78, 5) is 23.5. The van der Waals surface area contributed by atoms with Crippen LogP contribution >= 0.6 is 0 Å². The number of fused-ring (bicyclic) bond motifs is 2. The highest BCUT2D eigenvalue weighted by atomic mass is 16.7. The Bertz CT molecular complexity index is 669. The minimum Gasteiger partial charge on any atom is -0.458 e. The molecule has 122 valence electrons. The highest BCUT2D eigenvalue weighted by Crippen LogP contribution is 2.50. The molecule has 5 nitrogen and oxygen atoms in total. The fraction of sp³-hybridized carbons (Fsp3) is 0.556. The van der Waals surface area contributed by atoms with E-state index in [2.05, 4.69) is 6.92 Å². The van der Waals surface area contributed by atoms with E-state index in [1.165, 1.54) is 23.8 Å². The van der Waals surface area contributed by atoms with Crippen molar-refractivity contribution in [3.8, 4) is 0 Å². The van der Waals surface area contributed by atoms with Crippen LogP contribution in [0, 0.1) is 11.8 Å². The van der Waals surface area contributed by atoms with Crippen LogP contribution in [0.4, 0.5) is 0 Å². The van der Waals surface area contributed by atoms with Gasteiger partial charge in [-0.1, -0.05) is 12.5 Å².